The largest absolute Gasteiger partial charge is 0.330 e. The zero-order valence-corrected chi connectivity index (χ0v) is 8.89. The quantitative estimate of drug-likeness (QED) is 0.527. The van der Waals surface area contributed by atoms with Gasteiger partial charge in [0.2, 0.25) is 0 Å². The van der Waals surface area contributed by atoms with Gasteiger partial charge >= 0.3 is 0 Å². The Labute approximate surface area is 71.6 Å². The van der Waals surface area contributed by atoms with Gasteiger partial charge in [0.05, 0.1) is 61.8 Å². The minimum absolute atomic E-state index is 1.03. The highest BCUT2D eigenvalue weighted by Gasteiger charge is 2.11. The van der Waals surface area contributed by atoms with Gasteiger partial charge in [-0.05, 0) is 0 Å². The molecule has 0 N–H and O–H groups in total. The molecule has 0 saturated heterocycles. The van der Waals surface area contributed by atoms with Gasteiger partial charge in [-0.3, -0.25) is 0 Å². The molecular formula is C9H23N2+2. The van der Waals surface area contributed by atoms with Crippen LogP contribution in [-0.4, -0.2) is 64.3 Å². The molecule has 0 aliphatic heterocycles. The van der Waals surface area contributed by atoms with Crippen LogP contribution in [0.2, 0.25) is 0 Å². The van der Waals surface area contributed by atoms with E-state index in [9.17, 15) is 0 Å². The topological polar surface area (TPSA) is 0 Å². The Kier molecular flexibility index (Phi) is 3.52. The van der Waals surface area contributed by atoms with Crippen molar-refractivity contribution < 1.29 is 8.97 Å². The van der Waals surface area contributed by atoms with E-state index in [4.69, 9.17) is 0 Å². The van der Waals surface area contributed by atoms with Gasteiger partial charge in [-0.25, -0.2) is 0 Å². The summed E-state index contributed by atoms with van der Waals surface area (Å²) in [5.74, 6) is 0. The van der Waals surface area contributed by atoms with E-state index in [2.05, 4.69) is 48.7 Å². The van der Waals surface area contributed by atoms with E-state index in [0.29, 0.717) is 0 Å². The first-order valence-electron chi connectivity index (χ1n) is 4.13. The number of hydrogen-bond acceptors (Lipinski definition) is 0. The smallest absolute Gasteiger partial charge is 0.0870 e. The molecule has 0 aromatic carbocycles. The van der Waals surface area contributed by atoms with Crippen molar-refractivity contribution >= 4 is 0 Å². The van der Waals surface area contributed by atoms with Crippen LogP contribution in [0.4, 0.5) is 0 Å². The first kappa shape index (κ1) is 10.9. The maximum absolute atomic E-state index is 2.36. The Bertz CT molecular complexity index is 91.7. The molecule has 2 heteroatoms. The number of rotatable bonds is 4. The fraction of sp³-hybridized carbons (Fsp3) is 0.889. The molecule has 0 aliphatic carbocycles. The third-order valence-electron chi connectivity index (χ3n) is 1.35. The summed E-state index contributed by atoms with van der Waals surface area (Å²) in [6, 6.07) is 0. The Morgan fingerprint density at radius 1 is 0.727 bits per heavy atom. The lowest BCUT2D eigenvalue weighted by molar-refractivity contribution is -0.881. The predicted octanol–water partition coefficient (Wildman–Crippen LogP) is 0.603. The second-order valence-corrected chi connectivity index (χ2v) is 5.23. The molecule has 0 heterocycles. The molecule has 67 valence electrons. The monoisotopic (exact) mass is 159 g/mol. The molecule has 0 unspecified atom stereocenters. The molecule has 0 spiro atoms. The first-order chi connectivity index (χ1) is 4.71. The highest BCUT2D eigenvalue weighted by atomic mass is 15.3. The number of quaternary nitrogens is 2. The molecule has 1 radical (unpaired) electrons. The van der Waals surface area contributed by atoms with Gasteiger partial charge in [0.15, 0.2) is 0 Å². The molecule has 11 heavy (non-hydrogen) atoms. The number of nitrogens with zero attached hydrogens (tertiary/aromatic N) is 2. The standard InChI is InChI=1S/C9H23N2/c1-10(2,3)8-7-9-11(4,5)6/h7H,8-9H2,1-6H3/q+2. The van der Waals surface area contributed by atoms with Crippen molar-refractivity contribution in [1.29, 1.82) is 0 Å². The second-order valence-electron chi connectivity index (χ2n) is 5.23. The van der Waals surface area contributed by atoms with Crippen LogP contribution in [0.15, 0.2) is 0 Å². The Morgan fingerprint density at radius 2 is 1.00 bits per heavy atom. The van der Waals surface area contributed by atoms with Crippen molar-refractivity contribution in [3.63, 3.8) is 0 Å². The minimum Gasteiger partial charge on any atom is -0.330 e. The zero-order chi connectivity index (χ0) is 9.12. The molecule has 0 aromatic heterocycles. The van der Waals surface area contributed by atoms with E-state index >= 15 is 0 Å². The molecule has 0 saturated carbocycles. The van der Waals surface area contributed by atoms with E-state index < -0.39 is 0 Å². The molecule has 0 bridgehead atoms. The van der Waals surface area contributed by atoms with Crippen molar-refractivity contribution in [3.05, 3.63) is 6.42 Å². The van der Waals surface area contributed by atoms with Crippen LogP contribution in [-0.2, 0) is 0 Å². The van der Waals surface area contributed by atoms with Crippen molar-refractivity contribution in [2.45, 2.75) is 0 Å². The summed E-state index contributed by atoms with van der Waals surface area (Å²) in [5, 5.41) is 0. The lowest BCUT2D eigenvalue weighted by atomic mass is 10.3. The van der Waals surface area contributed by atoms with Crippen molar-refractivity contribution in [2.24, 2.45) is 0 Å². The Balaban J connectivity index is 3.44. The molecule has 0 aromatic rings. The first-order valence-corrected chi connectivity index (χ1v) is 4.13. The van der Waals surface area contributed by atoms with E-state index in [-0.39, 0.29) is 0 Å². The van der Waals surface area contributed by atoms with Crippen molar-refractivity contribution in [1.82, 2.24) is 0 Å². The normalized spacial score (nSPS) is 13.6. The van der Waals surface area contributed by atoms with Gasteiger partial charge in [0.1, 0.15) is 0 Å². The van der Waals surface area contributed by atoms with Crippen LogP contribution in [0.3, 0.4) is 0 Å². The van der Waals surface area contributed by atoms with Crippen LogP contribution < -0.4 is 0 Å². The van der Waals surface area contributed by atoms with Crippen LogP contribution in [0.1, 0.15) is 0 Å². The van der Waals surface area contributed by atoms with Crippen LogP contribution in [0, 0.1) is 6.42 Å². The molecule has 0 fully saturated rings. The summed E-state index contributed by atoms with van der Waals surface area (Å²) in [7, 11) is 13.3. The maximum atomic E-state index is 2.36. The van der Waals surface area contributed by atoms with Gasteiger partial charge in [-0.1, -0.05) is 0 Å². The lowest BCUT2D eigenvalue weighted by Crippen LogP contribution is -2.41. The van der Waals surface area contributed by atoms with Gasteiger partial charge in [-0.2, -0.15) is 0 Å². The minimum atomic E-state index is 1.03. The summed E-state index contributed by atoms with van der Waals surface area (Å²) in [6.07, 6.45) is 2.36. The van der Waals surface area contributed by atoms with Crippen LogP contribution >= 0.6 is 0 Å². The molecule has 0 rings (SSSR count). The lowest BCUT2D eigenvalue weighted by Gasteiger charge is -2.27. The summed E-state index contributed by atoms with van der Waals surface area (Å²) < 4.78 is 2.06. The third kappa shape index (κ3) is 9.92. The highest BCUT2D eigenvalue weighted by Crippen LogP contribution is 1.97. The van der Waals surface area contributed by atoms with E-state index in [1.165, 1.54) is 0 Å². The highest BCUT2D eigenvalue weighted by molar-refractivity contribution is 4.60. The summed E-state index contributed by atoms with van der Waals surface area (Å²) >= 11 is 0. The Morgan fingerprint density at radius 3 is 1.18 bits per heavy atom. The molecule has 0 atom stereocenters. The maximum Gasteiger partial charge on any atom is 0.0870 e. The fourth-order valence-corrected chi connectivity index (χ4v) is 0.832. The van der Waals surface area contributed by atoms with E-state index in [0.717, 1.165) is 22.1 Å². The summed E-state index contributed by atoms with van der Waals surface area (Å²) in [5.41, 5.74) is 0. The molecule has 0 aliphatic rings. The molecule has 0 amide bonds. The van der Waals surface area contributed by atoms with Gasteiger partial charge < -0.3 is 8.97 Å². The van der Waals surface area contributed by atoms with Crippen LogP contribution in [0.5, 0.6) is 0 Å². The second kappa shape index (κ2) is 3.55. The van der Waals surface area contributed by atoms with Crippen LogP contribution in [0.25, 0.3) is 0 Å². The average Bonchev–Trinajstić information content (AvgIpc) is 1.55. The van der Waals surface area contributed by atoms with Gasteiger partial charge in [0.25, 0.3) is 0 Å². The summed E-state index contributed by atoms with van der Waals surface area (Å²) in [6.45, 7) is 2.30. The average molecular weight is 159 g/mol. The fourth-order valence-electron chi connectivity index (χ4n) is 0.832. The van der Waals surface area contributed by atoms with Gasteiger partial charge in [0, 0.05) is 0 Å². The summed E-state index contributed by atoms with van der Waals surface area (Å²) in [4.78, 5) is 0. The zero-order valence-electron chi connectivity index (χ0n) is 8.89. The molecular weight excluding hydrogens is 136 g/mol. The van der Waals surface area contributed by atoms with Crippen molar-refractivity contribution in [2.75, 3.05) is 55.4 Å². The SMILES string of the molecule is C[N+](C)(C)C[CH]C[N+](C)(C)C. The number of hydrogen-bond donors (Lipinski definition) is 0. The third-order valence-corrected chi connectivity index (χ3v) is 1.35. The van der Waals surface area contributed by atoms with Crippen molar-refractivity contribution in [3.8, 4) is 0 Å². The van der Waals surface area contributed by atoms with E-state index in [1.807, 2.05) is 0 Å². The van der Waals surface area contributed by atoms with Gasteiger partial charge in [-0.15, -0.1) is 0 Å². The molecule has 2 nitrogen and oxygen atoms in total. The van der Waals surface area contributed by atoms with E-state index in [1.54, 1.807) is 0 Å². The predicted molar refractivity (Wildman–Crippen MR) is 50.1 cm³/mol. The Hall–Kier alpha value is -0.0800.